The molecule has 1 aliphatic carbocycles. The Bertz CT molecular complexity index is 934. The van der Waals surface area contributed by atoms with E-state index in [2.05, 4.69) is 52.0 Å². The molecule has 0 spiro atoms. The average Bonchev–Trinajstić information content (AvgIpc) is 2.78. The fourth-order valence-corrected chi connectivity index (χ4v) is 5.12. The number of phenolic OH excluding ortho intramolecular Hbond substituents is 2. The topological polar surface area (TPSA) is 40.5 Å². The molecule has 0 fully saturated rings. The van der Waals surface area contributed by atoms with Crippen LogP contribution < -0.4 is 0 Å². The molecule has 27 heavy (non-hydrogen) atoms. The Hall–Kier alpha value is -2.74. The van der Waals surface area contributed by atoms with Gasteiger partial charge in [-0.05, 0) is 57.3 Å². The summed E-state index contributed by atoms with van der Waals surface area (Å²) in [6.07, 6.45) is 0. The average molecular weight is 358 g/mol. The fourth-order valence-electron chi connectivity index (χ4n) is 5.12. The van der Waals surface area contributed by atoms with Crippen molar-refractivity contribution in [1.82, 2.24) is 0 Å². The molecular weight excluding hydrogens is 332 g/mol. The van der Waals surface area contributed by atoms with Crippen LogP contribution in [0.3, 0.4) is 0 Å². The Morgan fingerprint density at radius 1 is 0.556 bits per heavy atom. The molecule has 0 amide bonds. The molecule has 0 atom stereocenters. The van der Waals surface area contributed by atoms with E-state index < -0.39 is 5.41 Å². The minimum absolute atomic E-state index is 0.0701. The first-order chi connectivity index (χ1) is 12.7. The predicted molar refractivity (Wildman–Crippen MR) is 109 cm³/mol. The Labute approximate surface area is 161 Å². The molecule has 2 N–H and O–H groups in total. The maximum absolute atomic E-state index is 9.89. The second-order valence-corrected chi connectivity index (χ2v) is 8.64. The molecule has 0 bridgehead atoms. The van der Waals surface area contributed by atoms with Gasteiger partial charge in [-0.15, -0.1) is 0 Å². The largest absolute Gasteiger partial charge is 0.508 e. The summed E-state index contributed by atoms with van der Waals surface area (Å²) in [4.78, 5) is 0. The van der Waals surface area contributed by atoms with Crippen LogP contribution in [-0.4, -0.2) is 10.2 Å². The highest BCUT2D eigenvalue weighted by atomic mass is 16.3. The van der Waals surface area contributed by atoms with Crippen LogP contribution in [0.25, 0.3) is 0 Å². The van der Waals surface area contributed by atoms with Gasteiger partial charge in [-0.25, -0.2) is 0 Å². The van der Waals surface area contributed by atoms with Crippen molar-refractivity contribution in [3.05, 3.63) is 95.1 Å². The second-order valence-electron chi connectivity index (χ2n) is 8.64. The molecule has 0 heterocycles. The first-order valence-electron chi connectivity index (χ1n) is 9.42. The zero-order valence-corrected chi connectivity index (χ0v) is 16.3. The van der Waals surface area contributed by atoms with E-state index in [0.29, 0.717) is 0 Å². The van der Waals surface area contributed by atoms with E-state index >= 15 is 0 Å². The second kappa shape index (κ2) is 5.63. The summed E-state index contributed by atoms with van der Waals surface area (Å²) in [5.41, 5.74) is 4.31. The van der Waals surface area contributed by atoms with Crippen LogP contribution >= 0.6 is 0 Å². The summed E-state index contributed by atoms with van der Waals surface area (Å²) < 4.78 is 0. The van der Waals surface area contributed by atoms with Crippen molar-refractivity contribution in [3.8, 4) is 11.5 Å². The fraction of sp³-hybridized carbons (Fsp3) is 0.280. The lowest BCUT2D eigenvalue weighted by atomic mass is 9.53. The Morgan fingerprint density at radius 2 is 0.963 bits per heavy atom. The lowest BCUT2D eigenvalue weighted by Gasteiger charge is -2.49. The van der Waals surface area contributed by atoms with Crippen molar-refractivity contribution in [2.24, 2.45) is 5.41 Å². The van der Waals surface area contributed by atoms with Crippen molar-refractivity contribution in [1.29, 1.82) is 0 Å². The smallest absolute Gasteiger partial charge is 0.115 e. The Balaban J connectivity index is 2.16. The highest BCUT2D eigenvalue weighted by Crippen LogP contribution is 2.66. The van der Waals surface area contributed by atoms with E-state index in [9.17, 15) is 10.2 Å². The Kier molecular flexibility index (Phi) is 3.68. The summed E-state index contributed by atoms with van der Waals surface area (Å²) in [6, 6.07) is 23.9. The van der Waals surface area contributed by atoms with E-state index in [-0.39, 0.29) is 22.3 Å². The van der Waals surface area contributed by atoms with Gasteiger partial charge in [-0.2, -0.15) is 0 Å². The number of phenols is 2. The van der Waals surface area contributed by atoms with Crippen molar-refractivity contribution < 1.29 is 10.2 Å². The van der Waals surface area contributed by atoms with Gasteiger partial charge in [-0.1, -0.05) is 76.2 Å². The van der Waals surface area contributed by atoms with Crippen LogP contribution in [-0.2, 0) is 10.8 Å². The van der Waals surface area contributed by atoms with E-state index in [1.807, 2.05) is 24.3 Å². The van der Waals surface area contributed by atoms with Crippen molar-refractivity contribution in [2.75, 3.05) is 0 Å². The molecule has 0 unspecified atom stereocenters. The van der Waals surface area contributed by atoms with Crippen molar-refractivity contribution >= 4 is 0 Å². The van der Waals surface area contributed by atoms with Gasteiger partial charge >= 0.3 is 0 Å². The van der Waals surface area contributed by atoms with Gasteiger partial charge in [0.25, 0.3) is 0 Å². The number of rotatable bonds is 2. The normalized spacial score (nSPS) is 18.8. The van der Waals surface area contributed by atoms with Crippen LogP contribution in [0.4, 0.5) is 0 Å². The van der Waals surface area contributed by atoms with Crippen LogP contribution in [0, 0.1) is 5.41 Å². The van der Waals surface area contributed by atoms with E-state index in [0.717, 1.165) is 11.1 Å². The molecule has 3 aromatic rings. The van der Waals surface area contributed by atoms with Crippen LogP contribution in [0.15, 0.2) is 72.8 Å². The minimum Gasteiger partial charge on any atom is -0.508 e. The van der Waals surface area contributed by atoms with Crippen LogP contribution in [0.5, 0.6) is 11.5 Å². The summed E-state index contributed by atoms with van der Waals surface area (Å²) in [5.74, 6) is 0.533. The number of hydrogen-bond donors (Lipinski definition) is 2. The molecule has 0 saturated carbocycles. The van der Waals surface area contributed by atoms with Gasteiger partial charge in [0.05, 0.1) is 5.41 Å². The van der Waals surface area contributed by atoms with Crippen LogP contribution in [0.2, 0.25) is 0 Å². The van der Waals surface area contributed by atoms with E-state index in [1.165, 1.54) is 11.1 Å². The van der Waals surface area contributed by atoms with Gasteiger partial charge in [0.15, 0.2) is 0 Å². The van der Waals surface area contributed by atoms with Gasteiger partial charge in [0.2, 0.25) is 0 Å². The minimum atomic E-state index is -0.394. The summed E-state index contributed by atoms with van der Waals surface area (Å²) in [5, 5.41) is 19.8. The molecule has 3 aromatic carbocycles. The standard InChI is InChI=1S/C25H26O2/c1-23(2)21-7-5-6-8-22(21)25(24(23,3)4,17-9-13-19(26)14-10-17)18-11-15-20(27)16-12-18/h5-16,26-27H,1-4H3. The summed E-state index contributed by atoms with van der Waals surface area (Å²) >= 11 is 0. The van der Waals surface area contributed by atoms with Crippen molar-refractivity contribution in [3.63, 3.8) is 0 Å². The zero-order chi connectivity index (χ0) is 19.4. The highest BCUT2D eigenvalue weighted by molar-refractivity contribution is 5.63. The molecule has 1 aliphatic rings. The Morgan fingerprint density at radius 3 is 1.41 bits per heavy atom. The lowest BCUT2D eigenvalue weighted by molar-refractivity contribution is 0.153. The maximum atomic E-state index is 9.89. The molecular formula is C25H26O2. The van der Waals surface area contributed by atoms with Gasteiger partial charge in [0.1, 0.15) is 11.5 Å². The first-order valence-corrected chi connectivity index (χ1v) is 9.42. The van der Waals surface area contributed by atoms with Gasteiger partial charge in [-0.3, -0.25) is 0 Å². The third-order valence-corrected chi connectivity index (χ3v) is 7.11. The SMILES string of the molecule is CC1(C)c2ccccc2C(c2ccc(O)cc2)(c2ccc(O)cc2)C1(C)C. The molecule has 2 heteroatoms. The number of aromatic hydroxyl groups is 2. The van der Waals surface area contributed by atoms with E-state index in [1.54, 1.807) is 24.3 Å². The maximum Gasteiger partial charge on any atom is 0.115 e. The number of hydrogen-bond acceptors (Lipinski definition) is 2. The molecule has 0 aromatic heterocycles. The zero-order valence-electron chi connectivity index (χ0n) is 16.3. The molecule has 4 rings (SSSR count). The third-order valence-electron chi connectivity index (χ3n) is 7.11. The number of fused-ring (bicyclic) bond motifs is 1. The first kappa shape index (κ1) is 17.7. The predicted octanol–water partition coefficient (Wildman–Crippen LogP) is 5.75. The molecule has 2 nitrogen and oxygen atoms in total. The molecule has 0 saturated heterocycles. The monoisotopic (exact) mass is 358 g/mol. The third kappa shape index (κ3) is 2.13. The molecule has 138 valence electrons. The lowest BCUT2D eigenvalue weighted by Crippen LogP contribution is -2.47. The quantitative estimate of drug-likeness (QED) is 0.612. The van der Waals surface area contributed by atoms with E-state index in [4.69, 9.17) is 0 Å². The van der Waals surface area contributed by atoms with Crippen LogP contribution in [0.1, 0.15) is 49.9 Å². The highest BCUT2D eigenvalue weighted by Gasteiger charge is 2.62. The van der Waals surface area contributed by atoms with Gasteiger partial charge < -0.3 is 10.2 Å². The molecule has 0 radical (unpaired) electrons. The number of benzene rings is 3. The summed E-state index contributed by atoms with van der Waals surface area (Å²) in [7, 11) is 0. The van der Waals surface area contributed by atoms with Crippen molar-refractivity contribution in [2.45, 2.75) is 38.5 Å². The molecule has 0 aliphatic heterocycles. The van der Waals surface area contributed by atoms with Gasteiger partial charge in [0, 0.05) is 0 Å². The summed E-state index contributed by atoms with van der Waals surface area (Å²) in [6.45, 7) is 9.28.